The predicted molar refractivity (Wildman–Crippen MR) is 47.1 cm³/mol. The molecule has 0 bridgehead atoms. The average Bonchev–Trinajstić information content (AvgIpc) is 1.98. The van der Waals surface area contributed by atoms with Gasteiger partial charge in [0.1, 0.15) is 6.61 Å². The number of carbonyl (C=O) groups excluding carboxylic acids is 1. The van der Waals surface area contributed by atoms with E-state index < -0.39 is 17.5 Å². The lowest BCUT2D eigenvalue weighted by Gasteiger charge is -2.09. The van der Waals surface area contributed by atoms with E-state index in [1.807, 2.05) is 0 Å². The molecular weight excluding hydrogens is 180 g/mol. The zero-order valence-corrected chi connectivity index (χ0v) is 7.97. The van der Waals surface area contributed by atoms with Crippen LogP contribution in [0.1, 0.15) is 13.8 Å². The monoisotopic (exact) mass is 192 g/mol. The highest BCUT2D eigenvalue weighted by Crippen LogP contribution is 2.08. The van der Waals surface area contributed by atoms with Crippen molar-refractivity contribution in [3.05, 3.63) is 12.2 Å². The van der Waals surface area contributed by atoms with Crippen molar-refractivity contribution in [2.75, 3.05) is 6.61 Å². The second kappa shape index (κ2) is 5.17. The quantitative estimate of drug-likeness (QED) is 0.412. The van der Waals surface area contributed by atoms with Crippen molar-refractivity contribution in [3.63, 3.8) is 0 Å². The molecule has 0 heterocycles. The fraction of sp³-hybridized carbons (Fsp3) is 0.625. The molecule has 1 N–H and O–H groups in total. The van der Waals surface area contributed by atoms with Gasteiger partial charge in [-0.3, -0.25) is 0 Å². The Labute approximate surface area is 77.0 Å². The Hall–Kier alpha value is -0.540. The third kappa shape index (κ3) is 4.36. The molecule has 0 rings (SSSR count). The Morgan fingerprint density at radius 3 is 2.50 bits per heavy atom. The third-order valence-corrected chi connectivity index (χ3v) is 1.46. The van der Waals surface area contributed by atoms with E-state index in [1.54, 1.807) is 6.92 Å². The number of halogens is 1. The van der Waals surface area contributed by atoms with Gasteiger partial charge in [-0.2, -0.15) is 0 Å². The van der Waals surface area contributed by atoms with Crippen LogP contribution in [-0.4, -0.2) is 29.2 Å². The Morgan fingerprint density at radius 2 is 2.17 bits per heavy atom. The third-order valence-electron chi connectivity index (χ3n) is 1.20. The van der Waals surface area contributed by atoms with E-state index in [2.05, 4.69) is 11.3 Å². The summed E-state index contributed by atoms with van der Waals surface area (Å²) >= 11 is 5.58. The molecule has 0 fully saturated rings. The second-order valence-electron chi connectivity index (χ2n) is 2.59. The van der Waals surface area contributed by atoms with Crippen molar-refractivity contribution in [2.24, 2.45) is 0 Å². The van der Waals surface area contributed by atoms with E-state index >= 15 is 0 Å². The Balaban J connectivity index is 3.81. The highest BCUT2D eigenvalue weighted by atomic mass is 35.5. The molecule has 0 saturated heterocycles. The molecule has 0 saturated carbocycles. The molecule has 2 atom stereocenters. The lowest BCUT2D eigenvalue weighted by atomic mass is 10.2. The second-order valence-corrected chi connectivity index (χ2v) is 3.24. The maximum absolute atomic E-state index is 11.0. The SMILES string of the molecule is C=C(C(=O)OCC(C)O)C(C)Cl. The Kier molecular flexibility index (Phi) is 4.93. The first kappa shape index (κ1) is 11.5. The van der Waals surface area contributed by atoms with Gasteiger partial charge in [-0.25, -0.2) is 4.79 Å². The molecule has 0 aromatic rings. The lowest BCUT2D eigenvalue weighted by Crippen LogP contribution is -2.18. The summed E-state index contributed by atoms with van der Waals surface area (Å²) < 4.78 is 4.65. The summed E-state index contributed by atoms with van der Waals surface area (Å²) in [6.45, 7) is 6.58. The van der Waals surface area contributed by atoms with Gasteiger partial charge in [0.15, 0.2) is 0 Å². The van der Waals surface area contributed by atoms with Gasteiger partial charge in [-0.15, -0.1) is 11.6 Å². The molecule has 4 heteroatoms. The normalized spacial score (nSPS) is 15.0. The van der Waals surface area contributed by atoms with E-state index in [4.69, 9.17) is 16.7 Å². The van der Waals surface area contributed by atoms with Gasteiger partial charge in [-0.05, 0) is 13.8 Å². The van der Waals surface area contributed by atoms with E-state index in [1.165, 1.54) is 6.92 Å². The fourth-order valence-corrected chi connectivity index (χ4v) is 0.540. The van der Waals surface area contributed by atoms with Gasteiger partial charge in [0.2, 0.25) is 0 Å². The molecule has 0 aliphatic heterocycles. The first-order valence-electron chi connectivity index (χ1n) is 3.63. The van der Waals surface area contributed by atoms with Crippen LogP contribution in [0.25, 0.3) is 0 Å². The smallest absolute Gasteiger partial charge is 0.335 e. The molecule has 0 aliphatic carbocycles. The minimum absolute atomic E-state index is 0.0263. The van der Waals surface area contributed by atoms with Crippen molar-refractivity contribution < 1.29 is 14.6 Å². The van der Waals surface area contributed by atoms with Gasteiger partial charge < -0.3 is 9.84 Å². The van der Waals surface area contributed by atoms with Crippen LogP contribution >= 0.6 is 11.6 Å². The van der Waals surface area contributed by atoms with Crippen molar-refractivity contribution in [1.82, 2.24) is 0 Å². The van der Waals surface area contributed by atoms with Crippen LogP contribution in [0, 0.1) is 0 Å². The highest BCUT2D eigenvalue weighted by Gasteiger charge is 2.13. The number of ether oxygens (including phenoxy) is 1. The van der Waals surface area contributed by atoms with E-state index in [-0.39, 0.29) is 12.2 Å². The largest absolute Gasteiger partial charge is 0.460 e. The summed E-state index contributed by atoms with van der Waals surface area (Å²) in [4.78, 5) is 11.0. The minimum Gasteiger partial charge on any atom is -0.460 e. The predicted octanol–water partition coefficient (Wildman–Crippen LogP) is 1.09. The molecule has 0 radical (unpaired) electrons. The number of carbonyl (C=O) groups is 1. The molecule has 0 spiro atoms. The topological polar surface area (TPSA) is 46.5 Å². The lowest BCUT2D eigenvalue weighted by molar-refractivity contribution is -0.141. The number of alkyl halides is 1. The average molecular weight is 193 g/mol. The van der Waals surface area contributed by atoms with Gasteiger partial charge >= 0.3 is 5.97 Å². The van der Waals surface area contributed by atoms with Crippen LogP contribution < -0.4 is 0 Å². The van der Waals surface area contributed by atoms with Crippen LogP contribution in [-0.2, 0) is 9.53 Å². The summed E-state index contributed by atoms with van der Waals surface area (Å²) in [5.41, 5.74) is 0.206. The maximum atomic E-state index is 11.0. The minimum atomic E-state index is -0.660. The molecule has 0 aliphatic rings. The molecular formula is C8H13ClO3. The van der Waals surface area contributed by atoms with E-state index in [0.717, 1.165) is 0 Å². The van der Waals surface area contributed by atoms with Crippen molar-refractivity contribution in [1.29, 1.82) is 0 Å². The van der Waals surface area contributed by atoms with Gasteiger partial charge in [0, 0.05) is 5.57 Å². The number of aliphatic hydroxyl groups excluding tert-OH is 1. The molecule has 70 valence electrons. The summed E-state index contributed by atoms with van der Waals surface area (Å²) in [5, 5.41) is 8.34. The van der Waals surface area contributed by atoms with Gasteiger partial charge in [0.05, 0.1) is 11.5 Å². The standard InChI is InChI=1S/C8H13ClO3/c1-5(10)4-12-8(11)6(2)7(3)9/h5,7,10H,2,4H2,1,3H3. The van der Waals surface area contributed by atoms with E-state index in [0.29, 0.717) is 0 Å². The molecule has 0 aromatic carbocycles. The number of esters is 1. The zero-order valence-electron chi connectivity index (χ0n) is 7.21. The number of hydrogen-bond acceptors (Lipinski definition) is 3. The Morgan fingerprint density at radius 1 is 1.67 bits per heavy atom. The maximum Gasteiger partial charge on any atom is 0.335 e. The number of rotatable bonds is 4. The van der Waals surface area contributed by atoms with Crippen LogP contribution in [0.3, 0.4) is 0 Å². The van der Waals surface area contributed by atoms with Crippen LogP contribution in [0.15, 0.2) is 12.2 Å². The van der Waals surface area contributed by atoms with Crippen molar-refractivity contribution in [3.8, 4) is 0 Å². The molecule has 0 amide bonds. The van der Waals surface area contributed by atoms with Crippen molar-refractivity contribution >= 4 is 17.6 Å². The fourth-order valence-electron chi connectivity index (χ4n) is 0.451. The van der Waals surface area contributed by atoms with Crippen LogP contribution in [0.5, 0.6) is 0 Å². The number of aliphatic hydroxyl groups is 1. The van der Waals surface area contributed by atoms with Crippen molar-refractivity contribution in [2.45, 2.75) is 25.3 Å². The summed E-state index contributed by atoms with van der Waals surface area (Å²) in [6, 6.07) is 0. The molecule has 3 nitrogen and oxygen atoms in total. The summed E-state index contributed by atoms with van der Waals surface area (Å²) in [5.74, 6) is -0.557. The molecule has 2 unspecified atom stereocenters. The molecule has 0 aromatic heterocycles. The summed E-state index contributed by atoms with van der Waals surface area (Å²) in [6.07, 6.45) is -0.660. The Bertz CT molecular complexity index is 175. The zero-order chi connectivity index (χ0) is 9.72. The first-order valence-corrected chi connectivity index (χ1v) is 4.06. The van der Waals surface area contributed by atoms with E-state index in [9.17, 15) is 4.79 Å². The molecule has 12 heavy (non-hydrogen) atoms. The van der Waals surface area contributed by atoms with Crippen LogP contribution in [0.2, 0.25) is 0 Å². The van der Waals surface area contributed by atoms with Gasteiger partial charge in [-0.1, -0.05) is 6.58 Å². The summed E-state index contributed by atoms with van der Waals surface area (Å²) in [7, 11) is 0. The number of hydrogen-bond donors (Lipinski definition) is 1. The first-order chi connectivity index (χ1) is 5.45. The van der Waals surface area contributed by atoms with Gasteiger partial charge in [0.25, 0.3) is 0 Å². The van der Waals surface area contributed by atoms with Crippen LogP contribution in [0.4, 0.5) is 0 Å². The highest BCUT2D eigenvalue weighted by molar-refractivity contribution is 6.24.